The molecule has 0 radical (unpaired) electrons. The van der Waals surface area contributed by atoms with Crippen molar-refractivity contribution >= 4 is 25.0 Å². The van der Waals surface area contributed by atoms with E-state index in [9.17, 15) is 18.1 Å². The molecule has 1 aromatic rings. The van der Waals surface area contributed by atoms with Gasteiger partial charge < -0.3 is 20.1 Å². The van der Waals surface area contributed by atoms with E-state index in [1.54, 1.807) is 0 Å². The quantitative estimate of drug-likeness (QED) is 0.531. The van der Waals surface area contributed by atoms with Crippen molar-refractivity contribution in [2.45, 2.75) is 37.9 Å². The number of aryl methyl sites for hydroxylation is 1. The largest absolute Gasteiger partial charge is 0.394 e. The number of carbonyl (C=O) groups is 1. The highest BCUT2D eigenvalue weighted by atomic mass is 31.2. The zero-order chi connectivity index (χ0) is 16.5. The minimum Gasteiger partial charge on any atom is -0.387 e. The number of hydrogen-bond acceptors (Lipinski definition) is 5. The molecule has 0 atom stereocenters. The van der Waals surface area contributed by atoms with E-state index in [2.05, 4.69) is 9.98 Å². The molecule has 2 heterocycles. The molecule has 1 aromatic heterocycles. The van der Waals surface area contributed by atoms with Gasteiger partial charge in [0.1, 0.15) is 5.84 Å². The number of fused-ring (bicyclic) bond motifs is 1. The van der Waals surface area contributed by atoms with Gasteiger partial charge in [0.25, 0.3) is 0 Å². The molecule has 22 heavy (non-hydrogen) atoms. The van der Waals surface area contributed by atoms with Crippen molar-refractivity contribution in [2.24, 2.45) is 10.7 Å². The highest BCUT2D eigenvalue weighted by Gasteiger charge is 2.47. The van der Waals surface area contributed by atoms with Crippen LogP contribution in [0.2, 0.25) is 0 Å². The van der Waals surface area contributed by atoms with Crippen LogP contribution in [0.4, 0.5) is 14.6 Å². The fraction of sp³-hybridized carbons (Fsp3) is 0.545. The van der Waals surface area contributed by atoms with Crippen LogP contribution in [0.1, 0.15) is 36.2 Å². The van der Waals surface area contributed by atoms with Gasteiger partial charge in [-0.15, -0.1) is 0 Å². The first-order valence-electron chi connectivity index (χ1n) is 6.46. The Morgan fingerprint density at radius 3 is 2.73 bits per heavy atom. The number of carbonyl (C=O) groups excluding carboxylic acids is 1. The molecular formula is C11H15F2N4O4P. The Bertz CT molecular complexity index is 667. The molecule has 1 aliphatic heterocycles. The molecule has 0 bridgehead atoms. The van der Waals surface area contributed by atoms with Gasteiger partial charge in [0.2, 0.25) is 0 Å². The molecule has 0 unspecified atom stereocenters. The summed E-state index contributed by atoms with van der Waals surface area (Å²) in [6.45, 7) is 0.240. The summed E-state index contributed by atoms with van der Waals surface area (Å²) < 4.78 is 38.3. The van der Waals surface area contributed by atoms with Gasteiger partial charge in [0, 0.05) is 13.0 Å². The van der Waals surface area contributed by atoms with Crippen LogP contribution < -0.4 is 5.73 Å². The number of alkyl halides is 2. The van der Waals surface area contributed by atoms with E-state index in [4.69, 9.17) is 15.5 Å². The zero-order valence-corrected chi connectivity index (χ0v) is 12.3. The number of Topliss-reactive ketones (excluding diaryl/α,β-unsaturated/α-hetero) is 1. The molecule has 0 fully saturated rings. The minimum absolute atomic E-state index is 0.00147. The van der Waals surface area contributed by atoms with E-state index in [1.165, 1.54) is 10.9 Å². The number of nitrogens with zero attached hydrogens (tertiary/aromatic N) is 3. The number of halogens is 2. The Kier molecular flexibility index (Phi) is 4.46. The molecular weight excluding hydrogens is 321 g/mol. The number of hydrogen-bond donors (Lipinski definition) is 3. The summed E-state index contributed by atoms with van der Waals surface area (Å²) in [4.78, 5) is 36.6. The van der Waals surface area contributed by atoms with E-state index in [0.717, 1.165) is 0 Å². The maximum Gasteiger partial charge on any atom is 0.394 e. The predicted octanol–water partition coefficient (Wildman–Crippen LogP) is 1.40. The second-order valence-electron chi connectivity index (χ2n) is 4.98. The molecule has 0 aliphatic carbocycles. The van der Waals surface area contributed by atoms with Crippen LogP contribution in [-0.4, -0.2) is 36.6 Å². The molecule has 0 saturated carbocycles. The Hall–Kier alpha value is -1.64. The normalized spacial score (nSPS) is 15.6. The van der Waals surface area contributed by atoms with Crippen molar-refractivity contribution in [3.8, 4) is 0 Å². The van der Waals surface area contributed by atoms with Gasteiger partial charge in [0.05, 0.1) is 12.7 Å². The van der Waals surface area contributed by atoms with Crippen LogP contribution in [0.15, 0.2) is 11.3 Å². The lowest BCUT2D eigenvalue weighted by atomic mass is 10.1. The van der Waals surface area contributed by atoms with Crippen LogP contribution in [0.5, 0.6) is 0 Å². The third kappa shape index (κ3) is 3.40. The van der Waals surface area contributed by atoms with Gasteiger partial charge in [-0.25, -0.2) is 9.98 Å². The van der Waals surface area contributed by atoms with Gasteiger partial charge in [0.15, 0.2) is 17.3 Å². The van der Waals surface area contributed by atoms with Gasteiger partial charge >= 0.3 is 13.3 Å². The lowest BCUT2D eigenvalue weighted by Crippen LogP contribution is -2.21. The summed E-state index contributed by atoms with van der Waals surface area (Å²) in [7, 11) is -5.44. The number of rotatable bonds is 6. The molecule has 4 N–H and O–H groups in total. The summed E-state index contributed by atoms with van der Waals surface area (Å²) >= 11 is 0. The highest BCUT2D eigenvalue weighted by Crippen LogP contribution is 2.55. The minimum atomic E-state index is -5.44. The molecule has 0 saturated heterocycles. The van der Waals surface area contributed by atoms with Crippen molar-refractivity contribution in [1.82, 2.24) is 9.55 Å². The number of ketones is 1. The third-order valence-electron chi connectivity index (χ3n) is 3.22. The summed E-state index contributed by atoms with van der Waals surface area (Å²) in [5.41, 5.74) is 1.69. The Labute approximate surface area is 124 Å². The van der Waals surface area contributed by atoms with Crippen LogP contribution in [0.25, 0.3) is 0 Å². The second kappa shape index (κ2) is 5.86. The Balaban J connectivity index is 1.95. The first kappa shape index (κ1) is 16.7. The molecule has 8 nitrogen and oxygen atoms in total. The summed E-state index contributed by atoms with van der Waals surface area (Å²) in [6.07, 6.45) is 0.572. The number of nitrogens with two attached hydrogens (primary N) is 1. The average Bonchev–Trinajstić information content (AvgIpc) is 2.76. The van der Waals surface area contributed by atoms with Gasteiger partial charge in [-0.2, -0.15) is 8.78 Å². The van der Waals surface area contributed by atoms with Crippen molar-refractivity contribution < 1.29 is 27.9 Å². The van der Waals surface area contributed by atoms with Gasteiger partial charge in [-0.3, -0.25) is 9.36 Å². The molecule has 0 spiro atoms. The van der Waals surface area contributed by atoms with Crippen LogP contribution in [0, 0.1) is 0 Å². The van der Waals surface area contributed by atoms with Crippen LogP contribution >= 0.6 is 7.60 Å². The molecule has 11 heteroatoms. The number of amidine groups is 1. The third-order valence-corrected chi connectivity index (χ3v) is 4.29. The fourth-order valence-corrected chi connectivity index (χ4v) is 2.49. The maximum atomic E-state index is 13.1. The smallest absolute Gasteiger partial charge is 0.387 e. The molecule has 2 rings (SSSR count). The number of aromatic nitrogens is 2. The first-order valence-corrected chi connectivity index (χ1v) is 8.08. The Morgan fingerprint density at radius 2 is 2.09 bits per heavy atom. The second-order valence-corrected chi connectivity index (χ2v) is 6.72. The van der Waals surface area contributed by atoms with Crippen molar-refractivity contribution in [3.63, 3.8) is 0 Å². The summed E-state index contributed by atoms with van der Waals surface area (Å²) in [5.74, 6) is 0.192. The highest BCUT2D eigenvalue weighted by molar-refractivity contribution is 7.53. The first-order chi connectivity index (χ1) is 10.1. The topological polar surface area (TPSA) is 131 Å². The summed E-state index contributed by atoms with van der Waals surface area (Å²) in [6, 6.07) is 0. The SMILES string of the molecule is NC1=Nc2c(ncn2CCCCC(F)(F)P(=O)(O)O)C(=O)C1. The number of unbranched alkanes of at least 4 members (excludes halogenated alkanes) is 1. The maximum absolute atomic E-state index is 13.1. The lowest BCUT2D eigenvalue weighted by molar-refractivity contribution is 0.0475. The van der Waals surface area contributed by atoms with E-state index in [1.807, 2.05) is 0 Å². The average molecular weight is 336 g/mol. The molecule has 0 amide bonds. The van der Waals surface area contributed by atoms with E-state index >= 15 is 0 Å². The Morgan fingerprint density at radius 1 is 1.41 bits per heavy atom. The number of imidazole rings is 1. The van der Waals surface area contributed by atoms with E-state index in [0.29, 0.717) is 0 Å². The molecule has 0 aromatic carbocycles. The lowest BCUT2D eigenvalue weighted by Gasteiger charge is -2.17. The molecule has 1 aliphatic rings. The van der Waals surface area contributed by atoms with E-state index < -0.39 is 19.7 Å². The molecule has 122 valence electrons. The summed E-state index contributed by atoms with van der Waals surface area (Å²) in [5, 5.41) is 0. The predicted molar refractivity (Wildman–Crippen MR) is 73.3 cm³/mol. The van der Waals surface area contributed by atoms with Crippen LogP contribution in [0.3, 0.4) is 0 Å². The van der Waals surface area contributed by atoms with Gasteiger partial charge in [-0.1, -0.05) is 0 Å². The van der Waals surface area contributed by atoms with Crippen LogP contribution in [-0.2, 0) is 11.1 Å². The van der Waals surface area contributed by atoms with Crippen molar-refractivity contribution in [2.75, 3.05) is 0 Å². The van der Waals surface area contributed by atoms with E-state index in [-0.39, 0.29) is 48.9 Å². The number of aliphatic imine (C=N–C) groups is 1. The zero-order valence-electron chi connectivity index (χ0n) is 11.4. The van der Waals surface area contributed by atoms with Crippen molar-refractivity contribution in [1.29, 1.82) is 0 Å². The monoisotopic (exact) mass is 336 g/mol. The van der Waals surface area contributed by atoms with Gasteiger partial charge in [-0.05, 0) is 12.8 Å². The fourth-order valence-electron chi connectivity index (χ4n) is 2.04. The standard InChI is InChI=1S/C11H15F2N4O4P/c12-11(13,22(19,20)21)3-1-2-4-17-6-15-9-7(18)5-8(14)16-10(9)17/h6H,1-5H2,(H2,14,16)(H2,19,20,21). The van der Waals surface area contributed by atoms with Crippen molar-refractivity contribution in [3.05, 3.63) is 12.0 Å².